The molecule has 0 aliphatic carbocycles. The molecule has 1 unspecified atom stereocenters. The molecule has 1 aromatic heterocycles. The third-order valence-corrected chi connectivity index (χ3v) is 3.66. The topological polar surface area (TPSA) is 12.9 Å². The van der Waals surface area contributed by atoms with E-state index in [4.69, 9.17) is 0 Å². The molecule has 0 saturated heterocycles. The van der Waals surface area contributed by atoms with Crippen LogP contribution in [0.2, 0.25) is 0 Å². The average molecular weight is 273 g/mol. The maximum Gasteiger partial charge on any atom is 0.416 e. The molecule has 0 aromatic carbocycles. The second kappa shape index (κ2) is 6.40. The van der Waals surface area contributed by atoms with Crippen LogP contribution in [0.25, 0.3) is 0 Å². The molecule has 0 spiro atoms. The molecule has 0 radical (unpaired) electrons. The molecule has 1 rings (SSSR count). The van der Waals surface area contributed by atoms with E-state index >= 15 is 0 Å². The summed E-state index contributed by atoms with van der Waals surface area (Å²) in [5.41, 5.74) is -0.628. The Morgan fingerprint density at radius 2 is 1.74 bits per heavy atom. The minimum Gasteiger partial charge on any atom is -0.264 e. The lowest BCUT2D eigenvalue weighted by Gasteiger charge is -2.32. The van der Waals surface area contributed by atoms with Gasteiger partial charge >= 0.3 is 6.18 Å². The van der Waals surface area contributed by atoms with Crippen molar-refractivity contribution in [2.45, 2.75) is 64.5 Å². The highest BCUT2D eigenvalue weighted by atomic mass is 19.4. The lowest BCUT2D eigenvalue weighted by molar-refractivity contribution is -0.138. The van der Waals surface area contributed by atoms with Crippen LogP contribution in [-0.4, -0.2) is 4.98 Å². The first-order valence-electron chi connectivity index (χ1n) is 6.87. The van der Waals surface area contributed by atoms with Crippen LogP contribution in [-0.2, 0) is 11.6 Å². The molecule has 108 valence electrons. The van der Waals surface area contributed by atoms with Gasteiger partial charge in [-0.1, -0.05) is 40.0 Å². The van der Waals surface area contributed by atoms with Crippen LogP contribution in [0.15, 0.2) is 18.5 Å². The van der Waals surface area contributed by atoms with E-state index < -0.39 is 17.2 Å². The van der Waals surface area contributed by atoms with Gasteiger partial charge in [-0.15, -0.1) is 0 Å². The van der Waals surface area contributed by atoms with Crippen molar-refractivity contribution in [3.05, 3.63) is 29.6 Å². The fraction of sp³-hybridized carbons (Fsp3) is 0.667. The van der Waals surface area contributed by atoms with Crippen LogP contribution in [0, 0.1) is 0 Å². The van der Waals surface area contributed by atoms with E-state index in [1.807, 2.05) is 13.8 Å². The maximum atomic E-state index is 13.1. The normalized spacial score (nSPS) is 15.3. The summed E-state index contributed by atoms with van der Waals surface area (Å²) >= 11 is 0. The van der Waals surface area contributed by atoms with Crippen LogP contribution in [0.3, 0.4) is 0 Å². The summed E-state index contributed by atoms with van der Waals surface area (Å²) in [6.45, 7) is 5.99. The first kappa shape index (κ1) is 16.0. The molecular formula is C15H22F3N. The second-order valence-electron chi connectivity index (χ2n) is 5.33. The Bertz CT molecular complexity index is 401. The Labute approximate surface area is 113 Å². The number of nitrogens with zero attached hydrogens (tertiary/aromatic N) is 1. The predicted molar refractivity (Wildman–Crippen MR) is 71.0 cm³/mol. The molecule has 1 nitrogen and oxygen atoms in total. The van der Waals surface area contributed by atoms with E-state index in [2.05, 4.69) is 11.9 Å². The van der Waals surface area contributed by atoms with Crippen molar-refractivity contribution in [2.24, 2.45) is 0 Å². The monoisotopic (exact) mass is 273 g/mol. The minimum atomic E-state index is -4.31. The lowest BCUT2D eigenvalue weighted by Crippen LogP contribution is -2.26. The van der Waals surface area contributed by atoms with Crippen molar-refractivity contribution in [1.82, 2.24) is 4.98 Å². The van der Waals surface area contributed by atoms with Crippen LogP contribution < -0.4 is 0 Å². The first-order chi connectivity index (χ1) is 8.85. The van der Waals surface area contributed by atoms with Gasteiger partial charge in [0.15, 0.2) is 0 Å². The zero-order chi connectivity index (χ0) is 14.5. The van der Waals surface area contributed by atoms with E-state index in [0.717, 1.165) is 38.2 Å². The average Bonchev–Trinajstić information content (AvgIpc) is 2.36. The largest absolute Gasteiger partial charge is 0.416 e. The summed E-state index contributed by atoms with van der Waals surface area (Å²) in [6, 6.07) is 1.09. The molecule has 0 aliphatic heterocycles. The van der Waals surface area contributed by atoms with Gasteiger partial charge in [0.05, 0.1) is 5.56 Å². The minimum absolute atomic E-state index is 0.345. The number of rotatable bonds is 6. The van der Waals surface area contributed by atoms with Crippen molar-refractivity contribution in [3.8, 4) is 0 Å². The molecule has 0 bridgehead atoms. The van der Waals surface area contributed by atoms with Gasteiger partial charge in [0.2, 0.25) is 0 Å². The third-order valence-electron chi connectivity index (χ3n) is 3.66. The van der Waals surface area contributed by atoms with Crippen LogP contribution in [0.5, 0.6) is 0 Å². The third kappa shape index (κ3) is 3.95. The van der Waals surface area contributed by atoms with Gasteiger partial charge in [-0.3, -0.25) is 4.98 Å². The molecule has 0 saturated carbocycles. The summed E-state index contributed by atoms with van der Waals surface area (Å²) in [4.78, 5) is 3.92. The summed E-state index contributed by atoms with van der Waals surface area (Å²) in [6.07, 6.45) is 2.62. The molecular weight excluding hydrogens is 251 g/mol. The predicted octanol–water partition coefficient (Wildman–Crippen LogP) is 5.35. The Morgan fingerprint density at radius 1 is 1.05 bits per heavy atom. The Hall–Kier alpha value is -1.06. The molecule has 1 aromatic rings. The standard InChI is InChI=1S/C15H22F3N/c1-4-6-9-14(3,8-5-2)13-11-19-10-7-12(13)15(16,17)18/h7,10-11H,4-6,8-9H2,1-3H3. The second-order valence-corrected chi connectivity index (χ2v) is 5.33. The van der Waals surface area contributed by atoms with Gasteiger partial charge in [0, 0.05) is 12.4 Å². The van der Waals surface area contributed by atoms with E-state index in [-0.39, 0.29) is 0 Å². The number of hydrogen-bond donors (Lipinski definition) is 0. The molecule has 0 N–H and O–H groups in total. The molecule has 1 atom stereocenters. The number of hydrogen-bond acceptors (Lipinski definition) is 1. The number of aromatic nitrogens is 1. The van der Waals surface area contributed by atoms with Crippen molar-refractivity contribution in [1.29, 1.82) is 0 Å². The highest BCUT2D eigenvalue weighted by Gasteiger charge is 2.38. The van der Waals surface area contributed by atoms with Crippen LogP contribution in [0.4, 0.5) is 13.2 Å². The molecule has 0 fully saturated rings. The van der Waals surface area contributed by atoms with Gasteiger partial charge in [0.25, 0.3) is 0 Å². The van der Waals surface area contributed by atoms with Crippen molar-refractivity contribution in [2.75, 3.05) is 0 Å². The van der Waals surface area contributed by atoms with Gasteiger partial charge in [-0.25, -0.2) is 0 Å². The molecule has 0 amide bonds. The van der Waals surface area contributed by atoms with Crippen molar-refractivity contribution >= 4 is 0 Å². The lowest BCUT2D eigenvalue weighted by atomic mass is 9.73. The summed E-state index contributed by atoms with van der Waals surface area (Å²) in [7, 11) is 0. The number of unbranched alkanes of at least 4 members (excludes halogenated alkanes) is 1. The fourth-order valence-corrected chi connectivity index (χ4v) is 2.64. The Balaban J connectivity index is 3.22. The zero-order valence-corrected chi connectivity index (χ0v) is 11.8. The maximum absolute atomic E-state index is 13.1. The van der Waals surface area contributed by atoms with Gasteiger partial charge < -0.3 is 0 Å². The van der Waals surface area contributed by atoms with E-state index in [1.54, 1.807) is 0 Å². The van der Waals surface area contributed by atoms with Gasteiger partial charge in [-0.05, 0) is 29.9 Å². The smallest absolute Gasteiger partial charge is 0.264 e. The number of alkyl halides is 3. The Morgan fingerprint density at radius 3 is 2.26 bits per heavy atom. The number of halogens is 3. The van der Waals surface area contributed by atoms with Gasteiger partial charge in [0.1, 0.15) is 0 Å². The molecule has 19 heavy (non-hydrogen) atoms. The summed E-state index contributed by atoms with van der Waals surface area (Å²) in [5.74, 6) is 0. The first-order valence-corrected chi connectivity index (χ1v) is 6.87. The summed E-state index contributed by atoms with van der Waals surface area (Å²) in [5, 5.41) is 0. The number of pyridine rings is 1. The van der Waals surface area contributed by atoms with Crippen molar-refractivity contribution < 1.29 is 13.2 Å². The molecule has 1 heterocycles. The molecule has 0 aliphatic rings. The van der Waals surface area contributed by atoms with Gasteiger partial charge in [-0.2, -0.15) is 13.2 Å². The van der Waals surface area contributed by atoms with Crippen molar-refractivity contribution in [3.63, 3.8) is 0 Å². The van der Waals surface area contributed by atoms with Crippen LogP contribution >= 0.6 is 0 Å². The Kier molecular flexibility index (Phi) is 5.39. The van der Waals surface area contributed by atoms with E-state index in [1.165, 1.54) is 12.4 Å². The van der Waals surface area contributed by atoms with E-state index in [9.17, 15) is 13.2 Å². The quantitative estimate of drug-likeness (QED) is 0.681. The van der Waals surface area contributed by atoms with E-state index in [0.29, 0.717) is 5.56 Å². The summed E-state index contributed by atoms with van der Waals surface area (Å²) < 4.78 is 39.3. The fourth-order valence-electron chi connectivity index (χ4n) is 2.64. The van der Waals surface area contributed by atoms with Crippen LogP contribution in [0.1, 0.15) is 64.0 Å². The highest BCUT2D eigenvalue weighted by Crippen LogP contribution is 2.41. The highest BCUT2D eigenvalue weighted by molar-refractivity contribution is 5.33. The molecule has 4 heteroatoms. The SMILES string of the molecule is CCCCC(C)(CCC)c1cnccc1C(F)(F)F. The zero-order valence-electron chi connectivity index (χ0n) is 11.8.